The van der Waals surface area contributed by atoms with E-state index in [9.17, 15) is 14.0 Å². The molecule has 0 saturated heterocycles. The van der Waals surface area contributed by atoms with Crippen LogP contribution < -0.4 is 10.9 Å². The van der Waals surface area contributed by atoms with Gasteiger partial charge in [0.05, 0.1) is 11.3 Å². The number of hydrogen-bond acceptors (Lipinski definition) is 3. The number of nitrogens with one attached hydrogen (secondary N) is 1. The molecular formula is C18H14FN3O2. The lowest BCUT2D eigenvalue weighted by Crippen LogP contribution is -2.18. The number of nitrogens with zero attached hydrogens (tertiary/aromatic N) is 2. The van der Waals surface area contributed by atoms with Gasteiger partial charge in [-0.2, -0.15) is 5.10 Å². The van der Waals surface area contributed by atoms with Gasteiger partial charge in [0.15, 0.2) is 0 Å². The molecule has 6 heteroatoms. The number of anilines is 1. The molecule has 5 nitrogen and oxygen atoms in total. The van der Waals surface area contributed by atoms with E-state index in [1.54, 1.807) is 43.4 Å². The molecule has 3 aromatic rings. The van der Waals surface area contributed by atoms with Crippen LogP contribution in [0, 0.1) is 5.82 Å². The molecule has 0 aliphatic heterocycles. The first-order chi connectivity index (χ1) is 11.5. The lowest BCUT2D eigenvalue weighted by molar-refractivity contribution is 0.102. The number of hydrogen-bond donors (Lipinski definition) is 1. The lowest BCUT2D eigenvalue weighted by atomic mass is 10.1. The van der Waals surface area contributed by atoms with Gasteiger partial charge in [-0.3, -0.25) is 9.59 Å². The zero-order valence-corrected chi connectivity index (χ0v) is 12.9. The van der Waals surface area contributed by atoms with E-state index in [0.29, 0.717) is 11.4 Å². The monoisotopic (exact) mass is 323 g/mol. The van der Waals surface area contributed by atoms with E-state index >= 15 is 0 Å². The SMILES string of the molecule is Cn1nc(-c2ccc(NC(=O)c3ccccc3F)cc2)ccc1=O. The molecule has 1 N–H and O–H groups in total. The number of benzene rings is 2. The third-order valence-corrected chi connectivity index (χ3v) is 3.52. The van der Waals surface area contributed by atoms with Gasteiger partial charge in [-0.25, -0.2) is 9.07 Å². The number of rotatable bonds is 3. The molecule has 1 amide bonds. The second-order valence-electron chi connectivity index (χ2n) is 5.19. The van der Waals surface area contributed by atoms with Gasteiger partial charge >= 0.3 is 0 Å². The minimum absolute atomic E-state index is 0.0127. The van der Waals surface area contributed by atoms with E-state index in [1.165, 1.54) is 28.9 Å². The van der Waals surface area contributed by atoms with Gasteiger partial charge in [-0.05, 0) is 30.3 Å². The van der Waals surface area contributed by atoms with Crippen molar-refractivity contribution in [1.82, 2.24) is 9.78 Å². The summed E-state index contributed by atoms with van der Waals surface area (Å²) in [7, 11) is 1.58. The van der Waals surface area contributed by atoms with Crippen molar-refractivity contribution in [1.29, 1.82) is 0 Å². The Morgan fingerprint density at radius 3 is 2.42 bits per heavy atom. The molecule has 0 bridgehead atoms. The molecule has 24 heavy (non-hydrogen) atoms. The van der Waals surface area contributed by atoms with Crippen LogP contribution in [0.15, 0.2) is 65.5 Å². The predicted octanol–water partition coefficient (Wildman–Crippen LogP) is 2.84. The van der Waals surface area contributed by atoms with Crippen molar-refractivity contribution in [2.24, 2.45) is 7.05 Å². The van der Waals surface area contributed by atoms with Gasteiger partial charge in [-0.1, -0.05) is 24.3 Å². The Morgan fingerprint density at radius 1 is 1.04 bits per heavy atom. The fourth-order valence-electron chi connectivity index (χ4n) is 2.22. The van der Waals surface area contributed by atoms with E-state index in [1.807, 2.05) is 0 Å². The first-order valence-corrected chi connectivity index (χ1v) is 7.25. The molecule has 1 heterocycles. The van der Waals surface area contributed by atoms with E-state index in [2.05, 4.69) is 10.4 Å². The normalized spacial score (nSPS) is 10.4. The quantitative estimate of drug-likeness (QED) is 0.806. The molecule has 1 aromatic heterocycles. The van der Waals surface area contributed by atoms with Crippen molar-refractivity contribution >= 4 is 11.6 Å². The van der Waals surface area contributed by atoms with Crippen LogP contribution in [0.4, 0.5) is 10.1 Å². The summed E-state index contributed by atoms with van der Waals surface area (Å²) in [6, 6.07) is 15.8. The number of halogens is 1. The minimum atomic E-state index is -0.568. The van der Waals surface area contributed by atoms with E-state index < -0.39 is 11.7 Å². The zero-order chi connectivity index (χ0) is 17.1. The van der Waals surface area contributed by atoms with Gasteiger partial charge in [0.2, 0.25) is 0 Å². The molecule has 3 rings (SSSR count). The van der Waals surface area contributed by atoms with Crippen molar-refractivity contribution in [2.45, 2.75) is 0 Å². The maximum Gasteiger partial charge on any atom is 0.266 e. The topological polar surface area (TPSA) is 64.0 Å². The zero-order valence-electron chi connectivity index (χ0n) is 12.9. The first kappa shape index (κ1) is 15.6. The van der Waals surface area contributed by atoms with Crippen LogP contribution in [0.3, 0.4) is 0 Å². The molecule has 0 unspecified atom stereocenters. The van der Waals surface area contributed by atoms with Gasteiger partial charge in [0.1, 0.15) is 5.82 Å². The maximum atomic E-state index is 13.6. The van der Waals surface area contributed by atoms with Crippen LogP contribution in [-0.4, -0.2) is 15.7 Å². The molecule has 0 atom stereocenters. The summed E-state index contributed by atoms with van der Waals surface area (Å²) in [6.45, 7) is 0. The highest BCUT2D eigenvalue weighted by atomic mass is 19.1. The van der Waals surface area contributed by atoms with Gasteiger partial charge in [0.25, 0.3) is 11.5 Å². The van der Waals surface area contributed by atoms with Crippen molar-refractivity contribution in [3.8, 4) is 11.3 Å². The third-order valence-electron chi connectivity index (χ3n) is 3.52. The molecule has 120 valence electrons. The first-order valence-electron chi connectivity index (χ1n) is 7.25. The Bertz CT molecular complexity index is 949. The van der Waals surface area contributed by atoms with Gasteiger partial charge in [-0.15, -0.1) is 0 Å². The molecule has 0 saturated carbocycles. The van der Waals surface area contributed by atoms with Crippen molar-refractivity contribution < 1.29 is 9.18 Å². The summed E-state index contributed by atoms with van der Waals surface area (Å²) in [5, 5.41) is 6.80. The smallest absolute Gasteiger partial charge is 0.266 e. The molecule has 2 aromatic carbocycles. The summed E-state index contributed by atoms with van der Waals surface area (Å²) in [5.74, 6) is -1.08. The number of aryl methyl sites for hydroxylation is 1. The second kappa shape index (κ2) is 6.45. The highest BCUT2D eigenvalue weighted by Gasteiger charge is 2.11. The average molecular weight is 323 g/mol. The fraction of sp³-hybridized carbons (Fsp3) is 0.0556. The number of amides is 1. The minimum Gasteiger partial charge on any atom is -0.322 e. The van der Waals surface area contributed by atoms with Crippen molar-refractivity contribution in [3.63, 3.8) is 0 Å². The van der Waals surface area contributed by atoms with Crippen LogP contribution in [0.1, 0.15) is 10.4 Å². The van der Waals surface area contributed by atoms with E-state index in [0.717, 1.165) is 5.56 Å². The molecule has 0 radical (unpaired) electrons. The number of aromatic nitrogens is 2. The molecule has 0 aliphatic rings. The number of carbonyl (C=O) groups is 1. The summed E-state index contributed by atoms with van der Waals surface area (Å²) in [4.78, 5) is 23.4. The van der Waals surface area contributed by atoms with Crippen LogP contribution in [-0.2, 0) is 7.05 Å². The summed E-state index contributed by atoms with van der Waals surface area (Å²) >= 11 is 0. The second-order valence-corrected chi connectivity index (χ2v) is 5.19. The maximum absolute atomic E-state index is 13.6. The van der Waals surface area contributed by atoms with E-state index in [4.69, 9.17) is 0 Å². The fourth-order valence-corrected chi connectivity index (χ4v) is 2.22. The standard InChI is InChI=1S/C18H14FN3O2/c1-22-17(23)11-10-16(21-22)12-6-8-13(9-7-12)20-18(24)14-4-2-3-5-15(14)19/h2-11H,1H3,(H,20,24). The Balaban J connectivity index is 1.80. The molecule has 0 fully saturated rings. The van der Waals surface area contributed by atoms with Gasteiger partial charge in [0, 0.05) is 24.4 Å². The third kappa shape index (κ3) is 3.22. The number of carbonyl (C=O) groups excluding carboxylic acids is 1. The summed E-state index contributed by atoms with van der Waals surface area (Å²) in [5.41, 5.74) is 1.78. The molecule has 0 spiro atoms. The van der Waals surface area contributed by atoms with Gasteiger partial charge < -0.3 is 5.32 Å². The molecular weight excluding hydrogens is 309 g/mol. The highest BCUT2D eigenvalue weighted by molar-refractivity contribution is 6.04. The largest absolute Gasteiger partial charge is 0.322 e. The molecule has 0 aliphatic carbocycles. The Hall–Kier alpha value is -3.28. The van der Waals surface area contributed by atoms with Crippen molar-refractivity contribution in [3.05, 3.63) is 82.4 Å². The highest BCUT2D eigenvalue weighted by Crippen LogP contribution is 2.19. The Kier molecular flexibility index (Phi) is 4.20. The Labute approximate surface area is 137 Å². The van der Waals surface area contributed by atoms with Crippen LogP contribution in [0.25, 0.3) is 11.3 Å². The summed E-state index contributed by atoms with van der Waals surface area (Å²) in [6.07, 6.45) is 0. The lowest BCUT2D eigenvalue weighted by Gasteiger charge is -2.07. The Morgan fingerprint density at radius 2 is 1.75 bits per heavy atom. The van der Waals surface area contributed by atoms with Crippen LogP contribution in [0.5, 0.6) is 0 Å². The average Bonchev–Trinajstić information content (AvgIpc) is 2.58. The van der Waals surface area contributed by atoms with E-state index in [-0.39, 0.29) is 11.1 Å². The predicted molar refractivity (Wildman–Crippen MR) is 89.3 cm³/mol. The summed E-state index contributed by atoms with van der Waals surface area (Å²) < 4.78 is 14.9. The van der Waals surface area contributed by atoms with Crippen molar-refractivity contribution in [2.75, 3.05) is 5.32 Å². The van der Waals surface area contributed by atoms with Crippen LogP contribution in [0.2, 0.25) is 0 Å². The van der Waals surface area contributed by atoms with Crippen LogP contribution >= 0.6 is 0 Å².